The van der Waals surface area contributed by atoms with E-state index in [1.165, 1.54) is 18.5 Å². The smallest absolute Gasteiger partial charge is 0.0499 e. The molecule has 1 saturated carbocycles. The van der Waals surface area contributed by atoms with Crippen molar-refractivity contribution in [1.82, 2.24) is 4.98 Å². The number of halogens is 1. The highest BCUT2D eigenvalue weighted by molar-refractivity contribution is 6.35. The molecule has 0 spiro atoms. The summed E-state index contributed by atoms with van der Waals surface area (Å²) in [7, 11) is 0. The minimum atomic E-state index is 0.767. The van der Waals surface area contributed by atoms with Crippen molar-refractivity contribution in [2.75, 3.05) is 0 Å². The Labute approximate surface area is 81.7 Å². The van der Waals surface area contributed by atoms with Crippen LogP contribution in [-0.4, -0.2) is 4.98 Å². The molecule has 2 aromatic rings. The van der Waals surface area contributed by atoms with Crippen molar-refractivity contribution in [3.05, 3.63) is 35.0 Å². The SMILES string of the molecule is Clc1cccc2[nH]c(C3CC3)cc12. The van der Waals surface area contributed by atoms with E-state index in [2.05, 4.69) is 17.1 Å². The summed E-state index contributed by atoms with van der Waals surface area (Å²) in [4.78, 5) is 3.41. The number of nitrogens with one attached hydrogen (secondary N) is 1. The van der Waals surface area contributed by atoms with Gasteiger partial charge in [-0.25, -0.2) is 0 Å². The van der Waals surface area contributed by atoms with Crippen LogP contribution in [0.2, 0.25) is 5.02 Å². The second-order valence-corrected chi connectivity index (χ2v) is 4.11. The zero-order valence-electron chi connectivity index (χ0n) is 7.18. The van der Waals surface area contributed by atoms with Gasteiger partial charge in [-0.3, -0.25) is 0 Å². The standard InChI is InChI=1S/C11H10ClN/c12-9-2-1-3-10-8(9)6-11(13-10)7-4-5-7/h1-3,6-7,13H,4-5H2. The predicted molar refractivity (Wildman–Crippen MR) is 55.3 cm³/mol. The fraction of sp³-hybridized carbons (Fsp3) is 0.273. The topological polar surface area (TPSA) is 15.8 Å². The van der Waals surface area contributed by atoms with Crippen LogP contribution in [0.3, 0.4) is 0 Å². The maximum Gasteiger partial charge on any atom is 0.0499 e. The number of aromatic amines is 1. The number of fused-ring (bicyclic) bond motifs is 1. The maximum absolute atomic E-state index is 6.08. The van der Waals surface area contributed by atoms with E-state index in [-0.39, 0.29) is 0 Å². The van der Waals surface area contributed by atoms with E-state index in [9.17, 15) is 0 Å². The molecule has 1 heterocycles. The summed E-state index contributed by atoms with van der Waals surface area (Å²) < 4.78 is 0. The maximum atomic E-state index is 6.08. The average Bonchev–Trinajstić information content (AvgIpc) is 2.87. The lowest BCUT2D eigenvalue weighted by molar-refractivity contribution is 1.06. The van der Waals surface area contributed by atoms with Crippen LogP contribution in [0.4, 0.5) is 0 Å². The zero-order valence-corrected chi connectivity index (χ0v) is 7.93. The molecule has 1 aromatic heterocycles. The monoisotopic (exact) mass is 191 g/mol. The van der Waals surface area contributed by atoms with Crippen LogP contribution in [0, 0.1) is 0 Å². The lowest BCUT2D eigenvalue weighted by Crippen LogP contribution is -1.74. The third-order valence-electron chi connectivity index (χ3n) is 2.65. The molecule has 0 atom stereocenters. The van der Waals surface area contributed by atoms with Crippen LogP contribution >= 0.6 is 11.6 Å². The third kappa shape index (κ3) is 1.15. The zero-order chi connectivity index (χ0) is 8.84. The van der Waals surface area contributed by atoms with Gasteiger partial charge < -0.3 is 4.98 Å². The Balaban J connectivity index is 2.26. The molecule has 1 fully saturated rings. The molecule has 2 heteroatoms. The highest BCUT2D eigenvalue weighted by Gasteiger charge is 2.25. The molecular weight excluding hydrogens is 182 g/mol. The molecule has 0 amide bonds. The quantitative estimate of drug-likeness (QED) is 0.708. The van der Waals surface area contributed by atoms with E-state index in [0.717, 1.165) is 21.8 Å². The van der Waals surface area contributed by atoms with Crippen molar-refractivity contribution < 1.29 is 0 Å². The Morgan fingerprint density at radius 2 is 2.15 bits per heavy atom. The second kappa shape index (κ2) is 2.52. The highest BCUT2D eigenvalue weighted by Crippen LogP contribution is 2.41. The van der Waals surface area contributed by atoms with Gasteiger partial charge in [-0.2, -0.15) is 0 Å². The summed E-state index contributed by atoms with van der Waals surface area (Å²) in [6, 6.07) is 8.19. The lowest BCUT2D eigenvalue weighted by Gasteiger charge is -1.90. The van der Waals surface area contributed by atoms with Crippen LogP contribution in [-0.2, 0) is 0 Å². The van der Waals surface area contributed by atoms with Gasteiger partial charge in [0.15, 0.2) is 0 Å². The molecule has 1 aromatic carbocycles. The van der Waals surface area contributed by atoms with Crippen molar-refractivity contribution in [1.29, 1.82) is 0 Å². The summed E-state index contributed by atoms with van der Waals surface area (Å²) in [5, 5.41) is 2.01. The lowest BCUT2D eigenvalue weighted by atomic mass is 10.2. The minimum absolute atomic E-state index is 0.767. The van der Waals surface area contributed by atoms with E-state index in [1.54, 1.807) is 0 Å². The molecule has 0 aliphatic heterocycles. The number of rotatable bonds is 1. The van der Waals surface area contributed by atoms with Crippen molar-refractivity contribution in [2.45, 2.75) is 18.8 Å². The summed E-state index contributed by atoms with van der Waals surface area (Å²) in [6.45, 7) is 0. The van der Waals surface area contributed by atoms with Gasteiger partial charge in [0, 0.05) is 21.6 Å². The van der Waals surface area contributed by atoms with Gasteiger partial charge in [0.2, 0.25) is 0 Å². The van der Waals surface area contributed by atoms with Gasteiger partial charge >= 0.3 is 0 Å². The molecule has 66 valence electrons. The molecule has 1 N–H and O–H groups in total. The first-order valence-electron chi connectivity index (χ1n) is 4.62. The van der Waals surface area contributed by atoms with Gasteiger partial charge in [0.05, 0.1) is 0 Å². The molecule has 0 bridgehead atoms. The van der Waals surface area contributed by atoms with Crippen LogP contribution in [0.5, 0.6) is 0 Å². The average molecular weight is 192 g/mol. The summed E-state index contributed by atoms with van der Waals surface area (Å²) in [5.41, 5.74) is 2.51. The van der Waals surface area contributed by atoms with Crippen LogP contribution < -0.4 is 0 Å². The Kier molecular flexibility index (Phi) is 1.44. The molecule has 0 unspecified atom stereocenters. The Hall–Kier alpha value is -0.950. The Morgan fingerprint density at radius 1 is 1.31 bits per heavy atom. The van der Waals surface area contributed by atoms with Gasteiger partial charge in [0.25, 0.3) is 0 Å². The normalized spacial score (nSPS) is 16.7. The highest BCUT2D eigenvalue weighted by atomic mass is 35.5. The van der Waals surface area contributed by atoms with Gasteiger partial charge in [-0.05, 0) is 37.0 Å². The van der Waals surface area contributed by atoms with Crippen LogP contribution in [0.15, 0.2) is 24.3 Å². The molecule has 1 aliphatic rings. The van der Waals surface area contributed by atoms with Crippen LogP contribution in [0.25, 0.3) is 10.9 Å². The molecule has 0 saturated heterocycles. The van der Waals surface area contributed by atoms with E-state index >= 15 is 0 Å². The number of H-pyrrole nitrogens is 1. The molecule has 1 nitrogen and oxygen atoms in total. The fourth-order valence-corrected chi connectivity index (χ4v) is 1.98. The largest absolute Gasteiger partial charge is 0.358 e. The Morgan fingerprint density at radius 3 is 2.85 bits per heavy atom. The summed E-state index contributed by atoms with van der Waals surface area (Å²) in [5.74, 6) is 0.767. The van der Waals surface area contributed by atoms with Gasteiger partial charge in [-0.1, -0.05) is 17.7 Å². The number of aromatic nitrogens is 1. The van der Waals surface area contributed by atoms with Crippen LogP contribution in [0.1, 0.15) is 24.5 Å². The molecule has 1 aliphatic carbocycles. The molecular formula is C11H10ClN. The second-order valence-electron chi connectivity index (χ2n) is 3.70. The number of benzene rings is 1. The molecule has 13 heavy (non-hydrogen) atoms. The summed E-state index contributed by atoms with van der Waals surface area (Å²) >= 11 is 6.08. The van der Waals surface area contributed by atoms with E-state index < -0.39 is 0 Å². The molecule has 3 rings (SSSR count). The molecule has 0 radical (unpaired) electrons. The van der Waals surface area contributed by atoms with Crippen molar-refractivity contribution in [3.8, 4) is 0 Å². The van der Waals surface area contributed by atoms with E-state index in [0.29, 0.717) is 0 Å². The predicted octanol–water partition coefficient (Wildman–Crippen LogP) is 3.70. The first-order valence-corrected chi connectivity index (χ1v) is 4.99. The first kappa shape index (κ1) is 7.45. The van der Waals surface area contributed by atoms with E-state index in [1.807, 2.05) is 12.1 Å². The van der Waals surface area contributed by atoms with Crippen molar-refractivity contribution in [2.24, 2.45) is 0 Å². The summed E-state index contributed by atoms with van der Waals surface area (Å²) in [6.07, 6.45) is 2.65. The van der Waals surface area contributed by atoms with Gasteiger partial charge in [-0.15, -0.1) is 0 Å². The minimum Gasteiger partial charge on any atom is -0.358 e. The van der Waals surface area contributed by atoms with Crippen molar-refractivity contribution in [3.63, 3.8) is 0 Å². The van der Waals surface area contributed by atoms with Crippen molar-refractivity contribution >= 4 is 22.5 Å². The third-order valence-corrected chi connectivity index (χ3v) is 2.98. The fourth-order valence-electron chi connectivity index (χ4n) is 1.75. The van der Waals surface area contributed by atoms with E-state index in [4.69, 9.17) is 11.6 Å². The first-order chi connectivity index (χ1) is 6.34. The number of hydrogen-bond donors (Lipinski definition) is 1. The Bertz CT molecular complexity index is 454. The van der Waals surface area contributed by atoms with Gasteiger partial charge in [0.1, 0.15) is 0 Å². The number of hydrogen-bond acceptors (Lipinski definition) is 0.